The molecule has 3 nitrogen and oxygen atoms in total. The second-order valence-electron chi connectivity index (χ2n) is 6.80. The molecule has 2 aliphatic rings. The quantitative estimate of drug-likeness (QED) is 0.840. The van der Waals surface area contributed by atoms with Crippen molar-refractivity contribution < 1.29 is 9.90 Å². The van der Waals surface area contributed by atoms with E-state index in [0.29, 0.717) is 18.9 Å². The van der Waals surface area contributed by atoms with Gasteiger partial charge in [-0.2, -0.15) is 0 Å². The molecule has 104 valence electrons. The van der Waals surface area contributed by atoms with Gasteiger partial charge in [0.25, 0.3) is 0 Å². The smallest absolute Gasteiger partial charge is 0.222 e. The molecule has 1 heterocycles. The Morgan fingerprint density at radius 2 is 1.94 bits per heavy atom. The fourth-order valence-corrected chi connectivity index (χ4v) is 3.34. The molecule has 18 heavy (non-hydrogen) atoms. The first-order chi connectivity index (χ1) is 8.49. The molecule has 0 bridgehead atoms. The molecule has 1 amide bonds. The maximum absolute atomic E-state index is 12.2. The van der Waals surface area contributed by atoms with Crippen molar-refractivity contribution in [2.45, 2.75) is 64.9 Å². The van der Waals surface area contributed by atoms with Crippen LogP contribution < -0.4 is 0 Å². The predicted octanol–water partition coefficient (Wildman–Crippen LogP) is 2.58. The predicted molar refractivity (Wildman–Crippen MR) is 72.2 cm³/mol. The summed E-state index contributed by atoms with van der Waals surface area (Å²) in [5, 5.41) is 9.90. The SMILES string of the molecule is CC1(C)CN(C(=O)CCC2CCCC2)CCC1O. The molecule has 2 fully saturated rings. The molecule has 1 atom stereocenters. The molecule has 3 heteroatoms. The standard InChI is InChI=1S/C15H27NO2/c1-15(2)11-16(10-9-13(15)17)14(18)8-7-12-5-3-4-6-12/h12-13,17H,3-11H2,1-2H3. The van der Waals surface area contributed by atoms with Crippen LogP contribution in [0.2, 0.25) is 0 Å². The Labute approximate surface area is 111 Å². The van der Waals surface area contributed by atoms with Crippen molar-refractivity contribution in [2.24, 2.45) is 11.3 Å². The first-order valence-electron chi connectivity index (χ1n) is 7.45. The number of aliphatic hydroxyl groups excluding tert-OH is 1. The Hall–Kier alpha value is -0.570. The first-order valence-corrected chi connectivity index (χ1v) is 7.45. The van der Waals surface area contributed by atoms with Crippen LogP contribution in [-0.2, 0) is 4.79 Å². The van der Waals surface area contributed by atoms with Gasteiger partial charge in [-0.1, -0.05) is 39.5 Å². The highest BCUT2D eigenvalue weighted by molar-refractivity contribution is 5.76. The molecule has 1 aliphatic carbocycles. The topological polar surface area (TPSA) is 40.5 Å². The van der Waals surface area contributed by atoms with E-state index < -0.39 is 0 Å². The van der Waals surface area contributed by atoms with Crippen molar-refractivity contribution >= 4 is 5.91 Å². The minimum absolute atomic E-state index is 0.152. The number of aliphatic hydroxyl groups is 1. The van der Waals surface area contributed by atoms with E-state index in [0.717, 1.165) is 25.3 Å². The van der Waals surface area contributed by atoms with Gasteiger partial charge < -0.3 is 10.0 Å². The average Bonchev–Trinajstić information content (AvgIpc) is 2.82. The second kappa shape index (κ2) is 5.60. The van der Waals surface area contributed by atoms with Crippen LogP contribution in [0.3, 0.4) is 0 Å². The van der Waals surface area contributed by atoms with Crippen LogP contribution >= 0.6 is 0 Å². The van der Waals surface area contributed by atoms with Crippen molar-refractivity contribution in [3.05, 3.63) is 0 Å². The third-order valence-corrected chi connectivity index (χ3v) is 4.77. The zero-order valence-electron chi connectivity index (χ0n) is 11.8. The summed E-state index contributed by atoms with van der Waals surface area (Å²) < 4.78 is 0. The molecule has 0 spiro atoms. The number of nitrogens with zero attached hydrogens (tertiary/aromatic N) is 1. The molecule has 1 N–H and O–H groups in total. The number of hydrogen-bond acceptors (Lipinski definition) is 2. The van der Waals surface area contributed by atoms with Crippen molar-refractivity contribution in [2.75, 3.05) is 13.1 Å². The van der Waals surface area contributed by atoms with Crippen LogP contribution in [0.5, 0.6) is 0 Å². The Morgan fingerprint density at radius 1 is 1.28 bits per heavy atom. The molecule has 0 aromatic carbocycles. The summed E-state index contributed by atoms with van der Waals surface area (Å²) in [6.07, 6.45) is 7.56. The van der Waals surface area contributed by atoms with Crippen molar-refractivity contribution in [1.29, 1.82) is 0 Å². The van der Waals surface area contributed by atoms with E-state index in [1.807, 2.05) is 18.7 Å². The van der Waals surface area contributed by atoms with Crippen LogP contribution in [0.4, 0.5) is 0 Å². The first kappa shape index (κ1) is 13.9. The molecule has 1 saturated heterocycles. The van der Waals surface area contributed by atoms with Gasteiger partial charge in [0, 0.05) is 24.9 Å². The highest BCUT2D eigenvalue weighted by Gasteiger charge is 2.36. The van der Waals surface area contributed by atoms with Crippen LogP contribution in [0.1, 0.15) is 58.8 Å². The van der Waals surface area contributed by atoms with Crippen molar-refractivity contribution in [3.8, 4) is 0 Å². The Kier molecular flexibility index (Phi) is 4.31. The fourth-order valence-electron chi connectivity index (χ4n) is 3.34. The number of amides is 1. The number of carbonyl (C=O) groups excluding carboxylic acids is 1. The molecule has 0 radical (unpaired) electrons. The van der Waals surface area contributed by atoms with Gasteiger partial charge in [-0.3, -0.25) is 4.79 Å². The molecule has 2 rings (SSSR count). The number of likely N-dealkylation sites (tertiary alicyclic amines) is 1. The third-order valence-electron chi connectivity index (χ3n) is 4.77. The summed E-state index contributed by atoms with van der Waals surface area (Å²) in [5.41, 5.74) is -0.152. The maximum Gasteiger partial charge on any atom is 0.222 e. The van der Waals surface area contributed by atoms with Gasteiger partial charge in [0.15, 0.2) is 0 Å². The zero-order chi connectivity index (χ0) is 13.2. The minimum atomic E-state index is -0.267. The van der Waals surface area contributed by atoms with Gasteiger partial charge in [0.05, 0.1) is 6.10 Å². The summed E-state index contributed by atoms with van der Waals surface area (Å²) in [6, 6.07) is 0. The second-order valence-corrected chi connectivity index (χ2v) is 6.80. The van der Waals surface area contributed by atoms with Crippen molar-refractivity contribution in [3.63, 3.8) is 0 Å². The Bertz CT molecular complexity index is 295. The lowest BCUT2D eigenvalue weighted by Gasteiger charge is -2.41. The Morgan fingerprint density at radius 3 is 2.56 bits per heavy atom. The molecule has 0 aromatic rings. The summed E-state index contributed by atoms with van der Waals surface area (Å²) in [6.45, 7) is 5.54. The minimum Gasteiger partial charge on any atom is -0.392 e. The third kappa shape index (κ3) is 3.25. The van der Waals surface area contributed by atoms with Gasteiger partial charge in [-0.05, 0) is 18.8 Å². The average molecular weight is 253 g/mol. The van der Waals surface area contributed by atoms with Crippen LogP contribution in [0, 0.1) is 11.3 Å². The van der Waals surface area contributed by atoms with E-state index in [2.05, 4.69) is 0 Å². The van der Waals surface area contributed by atoms with E-state index in [1.54, 1.807) is 0 Å². The van der Waals surface area contributed by atoms with E-state index in [1.165, 1.54) is 25.7 Å². The zero-order valence-corrected chi connectivity index (χ0v) is 11.8. The molecular weight excluding hydrogens is 226 g/mol. The van der Waals surface area contributed by atoms with Crippen molar-refractivity contribution in [1.82, 2.24) is 4.90 Å². The van der Waals surface area contributed by atoms with Crippen LogP contribution in [-0.4, -0.2) is 35.1 Å². The maximum atomic E-state index is 12.2. The van der Waals surface area contributed by atoms with Gasteiger partial charge in [0.1, 0.15) is 0 Å². The van der Waals surface area contributed by atoms with E-state index in [9.17, 15) is 9.90 Å². The number of piperidine rings is 1. The Balaban J connectivity index is 1.78. The molecule has 0 aromatic heterocycles. The molecule has 1 aliphatic heterocycles. The highest BCUT2D eigenvalue weighted by Crippen LogP contribution is 2.31. The lowest BCUT2D eigenvalue weighted by Crippen LogP contribution is -2.50. The van der Waals surface area contributed by atoms with Gasteiger partial charge in [0.2, 0.25) is 5.91 Å². The lowest BCUT2D eigenvalue weighted by molar-refractivity contribution is -0.138. The highest BCUT2D eigenvalue weighted by atomic mass is 16.3. The summed E-state index contributed by atoms with van der Waals surface area (Å²) in [5.74, 6) is 1.08. The molecule has 1 saturated carbocycles. The summed E-state index contributed by atoms with van der Waals surface area (Å²) in [7, 11) is 0. The van der Waals surface area contributed by atoms with Crippen LogP contribution in [0.15, 0.2) is 0 Å². The van der Waals surface area contributed by atoms with E-state index >= 15 is 0 Å². The largest absolute Gasteiger partial charge is 0.392 e. The summed E-state index contributed by atoms with van der Waals surface area (Å²) in [4.78, 5) is 14.2. The van der Waals surface area contributed by atoms with Crippen LogP contribution in [0.25, 0.3) is 0 Å². The molecular formula is C15H27NO2. The number of hydrogen-bond donors (Lipinski definition) is 1. The normalized spacial score (nSPS) is 28.6. The number of rotatable bonds is 3. The summed E-state index contributed by atoms with van der Waals surface area (Å²) >= 11 is 0. The molecule has 1 unspecified atom stereocenters. The van der Waals surface area contributed by atoms with E-state index in [-0.39, 0.29) is 11.5 Å². The lowest BCUT2D eigenvalue weighted by atomic mass is 9.81. The van der Waals surface area contributed by atoms with Gasteiger partial charge in [-0.25, -0.2) is 0 Å². The van der Waals surface area contributed by atoms with E-state index in [4.69, 9.17) is 0 Å². The van der Waals surface area contributed by atoms with Gasteiger partial charge >= 0.3 is 0 Å². The monoisotopic (exact) mass is 253 g/mol. The number of carbonyl (C=O) groups is 1. The van der Waals surface area contributed by atoms with Gasteiger partial charge in [-0.15, -0.1) is 0 Å². The fraction of sp³-hybridized carbons (Fsp3) is 0.933.